The second-order valence-electron chi connectivity index (χ2n) is 6.20. The lowest BCUT2D eigenvalue weighted by atomic mass is 10.1. The van der Waals surface area contributed by atoms with Gasteiger partial charge in [-0.15, -0.1) is 5.10 Å². The van der Waals surface area contributed by atoms with Crippen molar-refractivity contribution in [3.63, 3.8) is 0 Å². The highest BCUT2D eigenvalue weighted by Gasteiger charge is 2.26. The van der Waals surface area contributed by atoms with Crippen LogP contribution in [-0.2, 0) is 4.79 Å². The first-order valence-corrected chi connectivity index (χ1v) is 8.19. The van der Waals surface area contributed by atoms with Crippen molar-refractivity contribution in [2.24, 2.45) is 0 Å². The summed E-state index contributed by atoms with van der Waals surface area (Å²) in [6.45, 7) is 4.87. The average Bonchev–Trinajstić information content (AvgIpc) is 2.99. The number of carbonyl (C=O) groups excluding carboxylic acids is 1. The fourth-order valence-electron chi connectivity index (χ4n) is 2.80. The number of nitrogens with zero attached hydrogens (tertiary/aromatic N) is 5. The molecule has 0 unspecified atom stereocenters. The van der Waals surface area contributed by atoms with Gasteiger partial charge in [-0.1, -0.05) is 11.3 Å². The molecule has 2 heterocycles. The predicted octanol–water partition coefficient (Wildman–Crippen LogP) is 2.06. The zero-order chi connectivity index (χ0) is 18.8. The van der Waals surface area contributed by atoms with Crippen LogP contribution >= 0.6 is 0 Å². The number of amides is 1. The lowest BCUT2D eigenvalue weighted by Crippen LogP contribution is -2.41. The lowest BCUT2D eigenvalue weighted by Gasteiger charge is -2.24. The van der Waals surface area contributed by atoms with Crippen LogP contribution in [0.5, 0.6) is 0 Å². The van der Waals surface area contributed by atoms with E-state index in [4.69, 9.17) is 5.11 Å². The number of aromatic nitrogens is 4. The zero-order valence-corrected chi connectivity index (χ0v) is 14.7. The second kappa shape index (κ2) is 6.91. The molecule has 0 radical (unpaired) electrons. The molecule has 26 heavy (non-hydrogen) atoms. The molecule has 3 aromatic rings. The summed E-state index contributed by atoms with van der Waals surface area (Å²) in [7, 11) is 0. The SMILES string of the molecule is Cc1c(C(=O)N(CC(=O)O)C(C)C)nnn1-c1cccc2ncccc12. The van der Waals surface area contributed by atoms with Crippen LogP contribution in [0.3, 0.4) is 0 Å². The van der Waals surface area contributed by atoms with Crippen LogP contribution < -0.4 is 0 Å². The number of pyridine rings is 1. The molecule has 1 amide bonds. The summed E-state index contributed by atoms with van der Waals surface area (Å²) in [4.78, 5) is 29.4. The fraction of sp³-hybridized carbons (Fsp3) is 0.278. The third-order valence-electron chi connectivity index (χ3n) is 4.14. The van der Waals surface area contributed by atoms with Crippen molar-refractivity contribution in [2.45, 2.75) is 26.8 Å². The first-order valence-electron chi connectivity index (χ1n) is 8.19. The van der Waals surface area contributed by atoms with Gasteiger partial charge in [-0.3, -0.25) is 14.6 Å². The molecule has 0 aliphatic carbocycles. The number of fused-ring (bicyclic) bond motifs is 1. The Morgan fingerprint density at radius 2 is 2.00 bits per heavy atom. The fourth-order valence-corrected chi connectivity index (χ4v) is 2.80. The lowest BCUT2D eigenvalue weighted by molar-refractivity contribution is -0.138. The highest BCUT2D eigenvalue weighted by Crippen LogP contribution is 2.22. The predicted molar refractivity (Wildman–Crippen MR) is 95.2 cm³/mol. The normalized spacial score (nSPS) is 11.1. The molecule has 134 valence electrons. The van der Waals surface area contributed by atoms with E-state index < -0.39 is 11.9 Å². The molecule has 8 heteroatoms. The quantitative estimate of drug-likeness (QED) is 0.753. The minimum absolute atomic E-state index is 0.140. The number of carbonyl (C=O) groups is 2. The Hall–Kier alpha value is -3.29. The zero-order valence-electron chi connectivity index (χ0n) is 14.7. The first-order chi connectivity index (χ1) is 12.4. The maximum absolute atomic E-state index is 12.8. The summed E-state index contributed by atoms with van der Waals surface area (Å²) in [5, 5.41) is 18.1. The number of hydrogen-bond donors (Lipinski definition) is 1. The van der Waals surface area contributed by atoms with E-state index in [9.17, 15) is 9.59 Å². The minimum atomic E-state index is -1.07. The molecule has 0 fully saturated rings. The van der Waals surface area contributed by atoms with Crippen molar-refractivity contribution in [1.29, 1.82) is 0 Å². The van der Waals surface area contributed by atoms with Gasteiger partial charge in [0.2, 0.25) is 0 Å². The molecule has 1 aromatic carbocycles. The Bertz CT molecular complexity index is 975. The second-order valence-corrected chi connectivity index (χ2v) is 6.20. The molecule has 0 aliphatic heterocycles. The van der Waals surface area contributed by atoms with Crippen LogP contribution in [0.2, 0.25) is 0 Å². The monoisotopic (exact) mass is 353 g/mol. The van der Waals surface area contributed by atoms with Gasteiger partial charge in [0.25, 0.3) is 5.91 Å². The van der Waals surface area contributed by atoms with Gasteiger partial charge in [0.1, 0.15) is 6.54 Å². The Kier molecular flexibility index (Phi) is 4.66. The van der Waals surface area contributed by atoms with Crippen LogP contribution in [-0.4, -0.2) is 54.4 Å². The van der Waals surface area contributed by atoms with E-state index >= 15 is 0 Å². The van der Waals surface area contributed by atoms with Crippen molar-refractivity contribution in [3.05, 3.63) is 47.9 Å². The summed E-state index contributed by atoms with van der Waals surface area (Å²) in [5.74, 6) is -1.53. The highest BCUT2D eigenvalue weighted by atomic mass is 16.4. The van der Waals surface area contributed by atoms with Crippen molar-refractivity contribution < 1.29 is 14.7 Å². The molecule has 0 saturated carbocycles. The average molecular weight is 353 g/mol. The van der Waals surface area contributed by atoms with E-state index in [1.807, 2.05) is 30.3 Å². The van der Waals surface area contributed by atoms with E-state index in [1.54, 1.807) is 31.6 Å². The van der Waals surface area contributed by atoms with E-state index in [0.29, 0.717) is 5.69 Å². The van der Waals surface area contributed by atoms with Gasteiger partial charge in [-0.05, 0) is 45.0 Å². The number of carboxylic acids is 1. The molecule has 0 spiro atoms. The van der Waals surface area contributed by atoms with E-state index in [0.717, 1.165) is 16.6 Å². The largest absolute Gasteiger partial charge is 0.480 e. The standard InChI is InChI=1S/C18H19N5O3/c1-11(2)22(10-16(24)25)18(26)17-12(3)23(21-20-17)15-8-4-7-14-13(15)6-5-9-19-14/h4-9,11H,10H2,1-3H3,(H,24,25). The van der Waals surface area contributed by atoms with Crippen LogP contribution in [0.1, 0.15) is 30.0 Å². The number of rotatable bonds is 5. The highest BCUT2D eigenvalue weighted by molar-refractivity contribution is 5.95. The van der Waals surface area contributed by atoms with Crippen molar-refractivity contribution >= 4 is 22.8 Å². The minimum Gasteiger partial charge on any atom is -0.480 e. The van der Waals surface area contributed by atoms with Crippen LogP contribution in [0.15, 0.2) is 36.5 Å². The van der Waals surface area contributed by atoms with Gasteiger partial charge >= 0.3 is 5.97 Å². The molecular weight excluding hydrogens is 334 g/mol. The Balaban J connectivity index is 2.05. The van der Waals surface area contributed by atoms with Crippen LogP contribution in [0, 0.1) is 6.92 Å². The van der Waals surface area contributed by atoms with E-state index in [-0.39, 0.29) is 18.3 Å². The molecule has 0 saturated heterocycles. The smallest absolute Gasteiger partial charge is 0.323 e. The molecule has 2 aromatic heterocycles. The topological polar surface area (TPSA) is 101 Å². The number of carboxylic acid groups (broad SMARTS) is 1. The summed E-state index contributed by atoms with van der Waals surface area (Å²) in [5.41, 5.74) is 2.25. The van der Waals surface area contributed by atoms with Gasteiger partial charge in [0.05, 0.1) is 16.9 Å². The van der Waals surface area contributed by atoms with E-state index in [1.165, 1.54) is 4.90 Å². The van der Waals surface area contributed by atoms with Crippen molar-refractivity contribution in [2.75, 3.05) is 6.54 Å². The number of hydrogen-bond acceptors (Lipinski definition) is 5. The number of benzene rings is 1. The Morgan fingerprint density at radius 1 is 1.23 bits per heavy atom. The number of aliphatic carboxylic acids is 1. The van der Waals surface area contributed by atoms with Gasteiger partial charge in [0.15, 0.2) is 5.69 Å². The van der Waals surface area contributed by atoms with Gasteiger partial charge in [0, 0.05) is 17.6 Å². The first kappa shape index (κ1) is 17.5. The van der Waals surface area contributed by atoms with Crippen molar-refractivity contribution in [3.8, 4) is 5.69 Å². The summed E-state index contributed by atoms with van der Waals surface area (Å²) in [6, 6.07) is 9.10. The molecule has 3 rings (SSSR count). The van der Waals surface area contributed by atoms with Crippen LogP contribution in [0.25, 0.3) is 16.6 Å². The third-order valence-corrected chi connectivity index (χ3v) is 4.14. The third kappa shape index (κ3) is 3.13. The van der Waals surface area contributed by atoms with Gasteiger partial charge < -0.3 is 10.0 Å². The maximum Gasteiger partial charge on any atom is 0.323 e. The Labute approximate surface area is 150 Å². The molecule has 1 N–H and O–H groups in total. The summed E-state index contributed by atoms with van der Waals surface area (Å²) in [6.07, 6.45) is 1.71. The van der Waals surface area contributed by atoms with Crippen LogP contribution in [0.4, 0.5) is 0 Å². The molecular formula is C18H19N5O3. The maximum atomic E-state index is 12.8. The molecule has 0 bridgehead atoms. The molecule has 0 atom stereocenters. The van der Waals surface area contributed by atoms with E-state index in [2.05, 4.69) is 15.3 Å². The van der Waals surface area contributed by atoms with Crippen molar-refractivity contribution in [1.82, 2.24) is 24.9 Å². The summed E-state index contributed by atoms with van der Waals surface area (Å²) >= 11 is 0. The summed E-state index contributed by atoms with van der Waals surface area (Å²) < 4.78 is 1.58. The van der Waals surface area contributed by atoms with Gasteiger partial charge in [-0.25, -0.2) is 4.68 Å². The van der Waals surface area contributed by atoms with Gasteiger partial charge in [-0.2, -0.15) is 0 Å². The molecule has 8 nitrogen and oxygen atoms in total. The Morgan fingerprint density at radius 3 is 2.69 bits per heavy atom. The molecule has 0 aliphatic rings.